The number of hydrogen-bond donors (Lipinski definition) is 3. The number of nitrogen functional groups attached to an aromatic ring is 1. The minimum absolute atomic E-state index is 0.0674. The summed E-state index contributed by atoms with van der Waals surface area (Å²) in [6.07, 6.45) is 5.02. The molecule has 0 aliphatic rings. The SMILES string of the molecule is CCCNC(=O)c1sc(NC(CC)CC)c(SC)c1N. The van der Waals surface area contributed by atoms with Crippen LogP contribution in [0.15, 0.2) is 4.90 Å². The second-order valence-corrected chi connectivity index (χ2v) is 6.46. The van der Waals surface area contributed by atoms with Gasteiger partial charge in [0, 0.05) is 12.6 Å². The molecule has 0 saturated heterocycles. The van der Waals surface area contributed by atoms with Gasteiger partial charge in [-0.05, 0) is 25.5 Å². The Morgan fingerprint density at radius 3 is 2.50 bits per heavy atom. The van der Waals surface area contributed by atoms with E-state index < -0.39 is 0 Å². The number of thiophene rings is 1. The quantitative estimate of drug-likeness (QED) is 0.638. The van der Waals surface area contributed by atoms with Gasteiger partial charge in [-0.25, -0.2) is 0 Å². The Hall–Kier alpha value is -0.880. The van der Waals surface area contributed by atoms with Gasteiger partial charge in [0.05, 0.1) is 10.6 Å². The number of rotatable bonds is 8. The van der Waals surface area contributed by atoms with E-state index in [4.69, 9.17) is 5.73 Å². The van der Waals surface area contributed by atoms with Crippen LogP contribution in [0.4, 0.5) is 10.7 Å². The first-order valence-electron chi connectivity index (χ1n) is 7.09. The predicted molar refractivity (Wildman–Crippen MR) is 91.1 cm³/mol. The first kappa shape index (κ1) is 17.2. The molecule has 0 unspecified atom stereocenters. The molecule has 0 saturated carbocycles. The van der Waals surface area contributed by atoms with E-state index in [1.165, 1.54) is 11.3 Å². The molecule has 0 aliphatic heterocycles. The van der Waals surface area contributed by atoms with Crippen LogP contribution in [0.1, 0.15) is 49.7 Å². The van der Waals surface area contributed by atoms with Crippen LogP contribution in [-0.4, -0.2) is 24.7 Å². The van der Waals surface area contributed by atoms with E-state index in [0.717, 1.165) is 29.2 Å². The third kappa shape index (κ3) is 4.06. The molecule has 4 nitrogen and oxygen atoms in total. The summed E-state index contributed by atoms with van der Waals surface area (Å²) in [5.74, 6) is -0.0674. The molecule has 0 atom stereocenters. The van der Waals surface area contributed by atoms with Gasteiger partial charge in [-0.1, -0.05) is 20.8 Å². The lowest BCUT2D eigenvalue weighted by atomic mass is 10.2. The topological polar surface area (TPSA) is 67.2 Å². The van der Waals surface area contributed by atoms with Crippen molar-refractivity contribution in [3.63, 3.8) is 0 Å². The maximum absolute atomic E-state index is 12.1. The van der Waals surface area contributed by atoms with Crippen LogP contribution in [-0.2, 0) is 0 Å². The summed E-state index contributed by atoms with van der Waals surface area (Å²) in [5, 5.41) is 7.42. The molecule has 0 bridgehead atoms. The van der Waals surface area contributed by atoms with Crippen LogP contribution in [0.5, 0.6) is 0 Å². The molecule has 20 heavy (non-hydrogen) atoms. The van der Waals surface area contributed by atoms with Gasteiger partial charge >= 0.3 is 0 Å². The number of hydrogen-bond acceptors (Lipinski definition) is 5. The van der Waals surface area contributed by atoms with E-state index in [1.54, 1.807) is 11.8 Å². The first-order chi connectivity index (χ1) is 9.58. The van der Waals surface area contributed by atoms with Crippen LogP contribution in [0.3, 0.4) is 0 Å². The van der Waals surface area contributed by atoms with Gasteiger partial charge in [0.2, 0.25) is 0 Å². The summed E-state index contributed by atoms with van der Waals surface area (Å²) in [6.45, 7) is 7.03. The lowest BCUT2D eigenvalue weighted by Gasteiger charge is -2.15. The minimum atomic E-state index is -0.0674. The first-order valence-corrected chi connectivity index (χ1v) is 9.13. The molecule has 1 heterocycles. The Balaban J connectivity index is 2.98. The van der Waals surface area contributed by atoms with E-state index in [9.17, 15) is 4.79 Å². The molecule has 4 N–H and O–H groups in total. The van der Waals surface area contributed by atoms with Gasteiger partial charge in [-0.3, -0.25) is 4.79 Å². The van der Waals surface area contributed by atoms with Crippen LogP contribution in [0, 0.1) is 0 Å². The van der Waals surface area contributed by atoms with Crippen molar-refractivity contribution in [3.8, 4) is 0 Å². The second-order valence-electron chi connectivity index (χ2n) is 4.62. The smallest absolute Gasteiger partial charge is 0.263 e. The largest absolute Gasteiger partial charge is 0.396 e. The second kappa shape index (κ2) is 8.42. The number of carbonyl (C=O) groups excluding carboxylic acids is 1. The Bertz CT molecular complexity index is 442. The van der Waals surface area contributed by atoms with Gasteiger partial charge in [-0.15, -0.1) is 23.1 Å². The predicted octanol–water partition coefficient (Wildman–Crippen LogP) is 3.79. The number of amides is 1. The highest BCUT2D eigenvalue weighted by molar-refractivity contribution is 7.99. The normalized spacial score (nSPS) is 10.8. The molecule has 0 spiro atoms. The highest BCUT2D eigenvalue weighted by atomic mass is 32.2. The molecule has 6 heteroatoms. The van der Waals surface area contributed by atoms with Crippen molar-refractivity contribution in [2.24, 2.45) is 0 Å². The molecule has 0 aliphatic carbocycles. The van der Waals surface area contributed by atoms with Gasteiger partial charge in [0.25, 0.3) is 5.91 Å². The molecule has 0 radical (unpaired) electrons. The lowest BCUT2D eigenvalue weighted by molar-refractivity contribution is 0.0958. The fraction of sp³-hybridized carbons (Fsp3) is 0.643. The fourth-order valence-corrected chi connectivity index (χ4v) is 3.91. The molecule has 114 valence electrons. The third-order valence-electron chi connectivity index (χ3n) is 3.17. The summed E-state index contributed by atoms with van der Waals surface area (Å²) in [5.41, 5.74) is 6.74. The van der Waals surface area contributed by atoms with E-state index in [0.29, 0.717) is 23.2 Å². The van der Waals surface area contributed by atoms with E-state index in [2.05, 4.69) is 24.5 Å². The Kier molecular flexibility index (Phi) is 7.23. The molecular weight excluding hydrogens is 290 g/mol. The summed E-state index contributed by atoms with van der Waals surface area (Å²) in [7, 11) is 0. The lowest BCUT2D eigenvalue weighted by Crippen LogP contribution is -2.23. The highest BCUT2D eigenvalue weighted by Gasteiger charge is 2.21. The van der Waals surface area contributed by atoms with Gasteiger partial charge in [0.15, 0.2) is 0 Å². The summed E-state index contributed by atoms with van der Waals surface area (Å²) in [6, 6.07) is 0.422. The minimum Gasteiger partial charge on any atom is -0.396 e. The maximum atomic E-state index is 12.1. The van der Waals surface area contributed by atoms with Crippen LogP contribution in [0.2, 0.25) is 0 Å². The van der Waals surface area contributed by atoms with Crippen LogP contribution in [0.25, 0.3) is 0 Å². The van der Waals surface area contributed by atoms with Gasteiger partial charge in [-0.2, -0.15) is 0 Å². The molecular formula is C14H25N3OS2. The van der Waals surface area contributed by atoms with Crippen molar-refractivity contribution in [3.05, 3.63) is 4.88 Å². The number of nitrogens with one attached hydrogen (secondary N) is 2. The maximum Gasteiger partial charge on any atom is 0.263 e. The van der Waals surface area contributed by atoms with Crippen LogP contribution < -0.4 is 16.4 Å². The van der Waals surface area contributed by atoms with Gasteiger partial charge in [0.1, 0.15) is 9.88 Å². The number of nitrogens with two attached hydrogens (primary N) is 1. The summed E-state index contributed by atoms with van der Waals surface area (Å²) < 4.78 is 0. The number of thioether (sulfide) groups is 1. The zero-order chi connectivity index (χ0) is 15.1. The summed E-state index contributed by atoms with van der Waals surface area (Å²) >= 11 is 3.05. The molecule has 1 aromatic rings. The standard InChI is InChI=1S/C14H25N3OS2/c1-5-8-16-13(18)11-10(15)12(19-4)14(20-11)17-9(6-2)7-3/h9,17H,5-8,15H2,1-4H3,(H,16,18). The highest BCUT2D eigenvalue weighted by Crippen LogP contribution is 2.42. The Labute approximate surface area is 129 Å². The number of carbonyl (C=O) groups is 1. The van der Waals surface area contributed by atoms with Crippen molar-refractivity contribution >= 4 is 39.7 Å². The average molecular weight is 316 g/mol. The zero-order valence-electron chi connectivity index (χ0n) is 12.7. The summed E-state index contributed by atoms with van der Waals surface area (Å²) in [4.78, 5) is 13.7. The van der Waals surface area contributed by atoms with E-state index in [-0.39, 0.29) is 5.91 Å². The van der Waals surface area contributed by atoms with Crippen molar-refractivity contribution in [1.29, 1.82) is 0 Å². The van der Waals surface area contributed by atoms with E-state index >= 15 is 0 Å². The molecule has 0 aromatic carbocycles. The van der Waals surface area contributed by atoms with Crippen molar-refractivity contribution in [2.75, 3.05) is 23.9 Å². The number of anilines is 2. The van der Waals surface area contributed by atoms with Crippen molar-refractivity contribution < 1.29 is 4.79 Å². The molecule has 1 aromatic heterocycles. The van der Waals surface area contributed by atoms with Gasteiger partial charge < -0.3 is 16.4 Å². The average Bonchev–Trinajstić information content (AvgIpc) is 2.77. The molecule has 0 fully saturated rings. The van der Waals surface area contributed by atoms with E-state index in [1.807, 2.05) is 13.2 Å². The van der Waals surface area contributed by atoms with Crippen molar-refractivity contribution in [1.82, 2.24) is 5.32 Å². The van der Waals surface area contributed by atoms with Crippen LogP contribution >= 0.6 is 23.1 Å². The Morgan fingerprint density at radius 1 is 1.35 bits per heavy atom. The zero-order valence-corrected chi connectivity index (χ0v) is 14.3. The molecule has 1 amide bonds. The van der Waals surface area contributed by atoms with Crippen molar-refractivity contribution in [2.45, 2.75) is 51.0 Å². The monoisotopic (exact) mass is 315 g/mol. The fourth-order valence-electron chi connectivity index (χ4n) is 1.89. The Morgan fingerprint density at radius 2 is 2.00 bits per heavy atom. The molecule has 1 rings (SSSR count). The third-order valence-corrected chi connectivity index (χ3v) is 5.26.